The smallest absolute Gasteiger partial charge is 0.255 e. The average molecular weight is 463 g/mol. The summed E-state index contributed by atoms with van der Waals surface area (Å²) in [5.74, 6) is -1.18. The molecule has 170 valence electrons. The summed E-state index contributed by atoms with van der Waals surface area (Å²) in [4.78, 5) is 25.2. The second kappa shape index (κ2) is 8.75. The van der Waals surface area contributed by atoms with E-state index >= 15 is 0 Å². The third kappa shape index (κ3) is 4.83. The Hall–Kier alpha value is -3.18. The maximum atomic E-state index is 14.3. The molecule has 11 heteroatoms. The molecule has 2 aliphatic rings. The SMILES string of the molecule is CS(=O)(=O)N1CCCC(C(=O)Nc2cc(NC(=O)c3ccc4c(c3)OCO4)ccc2F)C1. The van der Waals surface area contributed by atoms with Gasteiger partial charge in [-0.05, 0) is 49.2 Å². The summed E-state index contributed by atoms with van der Waals surface area (Å²) in [6, 6.07) is 8.56. The Labute approximate surface area is 184 Å². The van der Waals surface area contributed by atoms with Crippen LogP contribution in [-0.2, 0) is 14.8 Å². The molecule has 2 aromatic carbocycles. The fourth-order valence-electron chi connectivity index (χ4n) is 3.63. The van der Waals surface area contributed by atoms with Crippen LogP contribution in [0.5, 0.6) is 11.5 Å². The zero-order valence-corrected chi connectivity index (χ0v) is 18.1. The van der Waals surface area contributed by atoms with E-state index in [1.807, 2.05) is 0 Å². The van der Waals surface area contributed by atoms with Crippen molar-refractivity contribution in [2.24, 2.45) is 5.92 Å². The number of benzene rings is 2. The summed E-state index contributed by atoms with van der Waals surface area (Å²) in [5.41, 5.74) is 0.507. The summed E-state index contributed by atoms with van der Waals surface area (Å²) in [5, 5.41) is 5.17. The molecule has 2 aliphatic heterocycles. The van der Waals surface area contributed by atoms with Crippen molar-refractivity contribution in [1.82, 2.24) is 4.31 Å². The van der Waals surface area contributed by atoms with Gasteiger partial charge in [0.2, 0.25) is 22.7 Å². The molecule has 0 saturated carbocycles. The summed E-state index contributed by atoms with van der Waals surface area (Å²) in [6.45, 7) is 0.496. The van der Waals surface area contributed by atoms with E-state index in [1.54, 1.807) is 18.2 Å². The largest absolute Gasteiger partial charge is 0.454 e. The van der Waals surface area contributed by atoms with Crippen LogP contribution in [0.1, 0.15) is 23.2 Å². The molecular formula is C21H22FN3O6S. The van der Waals surface area contributed by atoms with Crippen molar-refractivity contribution in [2.75, 3.05) is 36.8 Å². The van der Waals surface area contributed by atoms with Gasteiger partial charge < -0.3 is 20.1 Å². The quantitative estimate of drug-likeness (QED) is 0.704. The minimum Gasteiger partial charge on any atom is -0.454 e. The molecule has 9 nitrogen and oxygen atoms in total. The molecule has 0 aliphatic carbocycles. The van der Waals surface area contributed by atoms with Gasteiger partial charge in [0.1, 0.15) is 5.82 Å². The number of ether oxygens (including phenoxy) is 2. The fourth-order valence-corrected chi connectivity index (χ4v) is 4.54. The number of carbonyl (C=O) groups is 2. The lowest BCUT2D eigenvalue weighted by Gasteiger charge is -2.30. The summed E-state index contributed by atoms with van der Waals surface area (Å²) >= 11 is 0. The fraction of sp³-hybridized carbons (Fsp3) is 0.333. The first kappa shape index (κ1) is 22.0. The predicted molar refractivity (Wildman–Crippen MR) is 115 cm³/mol. The Morgan fingerprint density at radius 3 is 2.66 bits per heavy atom. The van der Waals surface area contributed by atoms with Crippen molar-refractivity contribution in [3.63, 3.8) is 0 Å². The molecule has 1 atom stereocenters. The molecule has 0 aromatic heterocycles. The second-order valence-corrected chi connectivity index (χ2v) is 9.65. The van der Waals surface area contributed by atoms with Crippen molar-refractivity contribution in [3.8, 4) is 11.5 Å². The first-order valence-corrected chi connectivity index (χ1v) is 11.8. The molecule has 0 radical (unpaired) electrons. The van der Waals surface area contributed by atoms with E-state index in [9.17, 15) is 22.4 Å². The Bertz CT molecular complexity index is 1170. The van der Waals surface area contributed by atoms with E-state index in [2.05, 4.69) is 10.6 Å². The molecule has 2 N–H and O–H groups in total. The highest BCUT2D eigenvalue weighted by Gasteiger charge is 2.30. The zero-order valence-electron chi connectivity index (χ0n) is 17.3. The zero-order chi connectivity index (χ0) is 22.9. The molecule has 0 bridgehead atoms. The van der Waals surface area contributed by atoms with E-state index in [1.165, 1.54) is 16.4 Å². The third-order valence-corrected chi connectivity index (χ3v) is 6.61. The molecule has 1 saturated heterocycles. The minimum absolute atomic E-state index is 0.0484. The number of nitrogens with zero attached hydrogens (tertiary/aromatic N) is 1. The molecular weight excluding hydrogens is 441 g/mol. The van der Waals surface area contributed by atoms with Crippen LogP contribution < -0.4 is 20.1 Å². The van der Waals surface area contributed by atoms with Gasteiger partial charge in [-0.25, -0.2) is 17.1 Å². The van der Waals surface area contributed by atoms with E-state index in [-0.39, 0.29) is 24.7 Å². The maximum Gasteiger partial charge on any atom is 0.255 e. The number of carbonyl (C=O) groups excluding carboxylic acids is 2. The highest BCUT2D eigenvalue weighted by Crippen LogP contribution is 2.33. The van der Waals surface area contributed by atoms with Crippen molar-refractivity contribution in [3.05, 3.63) is 47.8 Å². The van der Waals surface area contributed by atoms with Crippen LogP contribution in [-0.4, -0.2) is 50.7 Å². The molecule has 4 rings (SSSR count). The van der Waals surface area contributed by atoms with Gasteiger partial charge >= 0.3 is 0 Å². The van der Waals surface area contributed by atoms with Crippen LogP contribution in [0.25, 0.3) is 0 Å². The number of amides is 2. The van der Waals surface area contributed by atoms with Crippen LogP contribution in [0, 0.1) is 11.7 Å². The van der Waals surface area contributed by atoms with Gasteiger partial charge in [-0.15, -0.1) is 0 Å². The summed E-state index contributed by atoms with van der Waals surface area (Å²) in [7, 11) is -3.41. The number of hydrogen-bond donors (Lipinski definition) is 2. The van der Waals surface area contributed by atoms with Crippen LogP contribution in [0.15, 0.2) is 36.4 Å². The lowest BCUT2D eigenvalue weighted by Crippen LogP contribution is -2.43. The van der Waals surface area contributed by atoms with Gasteiger partial charge in [0.25, 0.3) is 5.91 Å². The lowest BCUT2D eigenvalue weighted by molar-refractivity contribution is -0.120. The molecule has 0 spiro atoms. The Morgan fingerprint density at radius 2 is 1.88 bits per heavy atom. The Morgan fingerprint density at radius 1 is 1.09 bits per heavy atom. The predicted octanol–water partition coefficient (Wildman–Crippen LogP) is 2.42. The maximum absolute atomic E-state index is 14.3. The Balaban J connectivity index is 1.44. The van der Waals surface area contributed by atoms with Crippen LogP contribution in [0.4, 0.5) is 15.8 Å². The molecule has 2 heterocycles. The highest BCUT2D eigenvalue weighted by molar-refractivity contribution is 7.88. The topological polar surface area (TPSA) is 114 Å². The van der Waals surface area contributed by atoms with Gasteiger partial charge in [-0.2, -0.15) is 0 Å². The van der Waals surface area contributed by atoms with Gasteiger partial charge in [-0.1, -0.05) is 0 Å². The molecule has 32 heavy (non-hydrogen) atoms. The van der Waals surface area contributed by atoms with Crippen LogP contribution in [0.2, 0.25) is 0 Å². The van der Waals surface area contributed by atoms with E-state index in [0.717, 1.165) is 12.3 Å². The van der Waals surface area contributed by atoms with Crippen molar-refractivity contribution < 1.29 is 31.9 Å². The number of sulfonamides is 1. The lowest BCUT2D eigenvalue weighted by atomic mass is 9.98. The van der Waals surface area contributed by atoms with Gasteiger partial charge in [0, 0.05) is 24.3 Å². The van der Waals surface area contributed by atoms with Gasteiger partial charge in [0.05, 0.1) is 17.9 Å². The van der Waals surface area contributed by atoms with E-state index < -0.39 is 33.6 Å². The standard InChI is InChI=1S/C21H22FN3O6S/c1-32(28,29)25-8-2-3-14(11-25)21(27)24-17-10-15(5-6-16(17)22)23-20(26)13-4-7-18-19(9-13)31-12-30-18/h4-7,9-10,14H,2-3,8,11-12H2,1H3,(H,23,26)(H,24,27). The summed E-state index contributed by atoms with van der Waals surface area (Å²) < 4.78 is 49.6. The first-order chi connectivity index (χ1) is 15.2. The van der Waals surface area contributed by atoms with Gasteiger partial charge in [0.15, 0.2) is 11.5 Å². The number of piperidine rings is 1. The first-order valence-electron chi connectivity index (χ1n) is 9.97. The normalized spacial score (nSPS) is 18.2. The average Bonchev–Trinajstić information content (AvgIpc) is 3.23. The molecule has 2 aromatic rings. The second-order valence-electron chi connectivity index (χ2n) is 7.67. The molecule has 2 amide bonds. The number of anilines is 2. The number of nitrogens with one attached hydrogen (secondary N) is 2. The van der Waals surface area contributed by atoms with E-state index in [4.69, 9.17) is 9.47 Å². The third-order valence-electron chi connectivity index (χ3n) is 5.34. The molecule has 1 unspecified atom stereocenters. The van der Waals surface area contributed by atoms with Gasteiger partial charge in [-0.3, -0.25) is 9.59 Å². The molecule has 1 fully saturated rings. The highest BCUT2D eigenvalue weighted by atomic mass is 32.2. The van der Waals surface area contributed by atoms with Crippen molar-refractivity contribution >= 4 is 33.2 Å². The van der Waals surface area contributed by atoms with Crippen LogP contribution >= 0.6 is 0 Å². The van der Waals surface area contributed by atoms with E-state index in [0.29, 0.717) is 36.4 Å². The Kier molecular flexibility index (Phi) is 6.02. The van der Waals surface area contributed by atoms with Crippen LogP contribution in [0.3, 0.4) is 0 Å². The number of fused-ring (bicyclic) bond motifs is 1. The minimum atomic E-state index is -3.41. The summed E-state index contributed by atoms with van der Waals surface area (Å²) in [6.07, 6.45) is 2.14. The number of hydrogen-bond acceptors (Lipinski definition) is 6. The number of halogens is 1. The monoisotopic (exact) mass is 463 g/mol. The van der Waals surface area contributed by atoms with Crippen molar-refractivity contribution in [1.29, 1.82) is 0 Å². The number of rotatable bonds is 5. The van der Waals surface area contributed by atoms with Crippen molar-refractivity contribution in [2.45, 2.75) is 12.8 Å².